The van der Waals surface area contributed by atoms with Gasteiger partial charge in [0.1, 0.15) is 5.82 Å². The van der Waals surface area contributed by atoms with Crippen LogP contribution in [0.2, 0.25) is 0 Å². The second kappa shape index (κ2) is 5.58. The summed E-state index contributed by atoms with van der Waals surface area (Å²) in [4.78, 5) is 9.32. The van der Waals surface area contributed by atoms with Crippen LogP contribution in [0.1, 0.15) is 68.1 Å². The summed E-state index contributed by atoms with van der Waals surface area (Å²) in [5.74, 6) is 2.03. The lowest BCUT2D eigenvalue weighted by atomic mass is 10.0. The average molecular weight is 233 g/mol. The average Bonchev–Trinajstić information content (AvgIpc) is 2.82. The highest BCUT2D eigenvalue weighted by atomic mass is 14.9. The summed E-state index contributed by atoms with van der Waals surface area (Å²) in [6.07, 6.45) is 6.25. The fourth-order valence-corrected chi connectivity index (χ4v) is 2.65. The molecule has 3 heteroatoms. The van der Waals surface area contributed by atoms with E-state index in [1.54, 1.807) is 0 Å². The van der Waals surface area contributed by atoms with Crippen LogP contribution in [0.25, 0.3) is 0 Å². The van der Waals surface area contributed by atoms with E-state index in [1.165, 1.54) is 31.4 Å². The molecule has 2 rings (SSSR count). The lowest BCUT2D eigenvalue weighted by Crippen LogP contribution is -2.11. The van der Waals surface area contributed by atoms with E-state index in [2.05, 4.69) is 24.9 Å². The molecule has 0 aliphatic heterocycles. The van der Waals surface area contributed by atoms with Crippen LogP contribution in [0.15, 0.2) is 6.07 Å². The summed E-state index contributed by atoms with van der Waals surface area (Å²) in [7, 11) is 0. The van der Waals surface area contributed by atoms with Crippen molar-refractivity contribution < 1.29 is 0 Å². The molecule has 0 saturated heterocycles. The highest BCUT2D eigenvalue weighted by Crippen LogP contribution is 2.33. The Morgan fingerprint density at radius 1 is 1.35 bits per heavy atom. The Hall–Kier alpha value is -0.960. The molecule has 1 saturated carbocycles. The second-order valence-electron chi connectivity index (χ2n) is 5.25. The van der Waals surface area contributed by atoms with Crippen molar-refractivity contribution in [2.45, 2.75) is 57.8 Å². The standard InChI is InChI=1S/C14H23N3/c1-10(7-8-15)14-16-11(2)9-13(17-14)12-5-3-4-6-12/h9-10,12H,3-8,15H2,1-2H3. The summed E-state index contributed by atoms with van der Waals surface area (Å²) < 4.78 is 0. The molecule has 94 valence electrons. The SMILES string of the molecule is Cc1cc(C2CCCC2)nc(C(C)CCN)n1. The van der Waals surface area contributed by atoms with Crippen LogP contribution < -0.4 is 5.73 Å². The molecule has 0 radical (unpaired) electrons. The predicted octanol–water partition coefficient (Wildman–Crippen LogP) is 2.89. The zero-order chi connectivity index (χ0) is 12.3. The molecule has 17 heavy (non-hydrogen) atoms. The fraction of sp³-hybridized carbons (Fsp3) is 0.714. The van der Waals surface area contributed by atoms with Gasteiger partial charge in [0.2, 0.25) is 0 Å². The highest BCUT2D eigenvalue weighted by molar-refractivity contribution is 5.16. The number of nitrogens with zero attached hydrogens (tertiary/aromatic N) is 2. The molecular formula is C14H23N3. The normalized spacial score (nSPS) is 18.5. The van der Waals surface area contributed by atoms with E-state index in [-0.39, 0.29) is 0 Å². The van der Waals surface area contributed by atoms with Gasteiger partial charge in [0.25, 0.3) is 0 Å². The van der Waals surface area contributed by atoms with Gasteiger partial charge in [-0.3, -0.25) is 0 Å². The summed E-state index contributed by atoms with van der Waals surface area (Å²) in [5, 5.41) is 0. The maximum atomic E-state index is 5.61. The summed E-state index contributed by atoms with van der Waals surface area (Å²) >= 11 is 0. The Bertz CT molecular complexity index is 370. The molecule has 1 atom stereocenters. The third kappa shape index (κ3) is 3.03. The topological polar surface area (TPSA) is 51.8 Å². The van der Waals surface area contributed by atoms with Crippen LogP contribution in [0.3, 0.4) is 0 Å². The van der Waals surface area contributed by atoms with Gasteiger partial charge in [-0.25, -0.2) is 9.97 Å². The fourth-order valence-electron chi connectivity index (χ4n) is 2.65. The van der Waals surface area contributed by atoms with Crippen molar-refractivity contribution in [1.82, 2.24) is 9.97 Å². The first-order valence-electron chi connectivity index (χ1n) is 6.76. The molecule has 1 aromatic rings. The van der Waals surface area contributed by atoms with E-state index in [9.17, 15) is 0 Å². The van der Waals surface area contributed by atoms with Gasteiger partial charge in [0.15, 0.2) is 0 Å². The first kappa shape index (κ1) is 12.5. The lowest BCUT2D eigenvalue weighted by Gasteiger charge is -2.14. The number of nitrogens with two attached hydrogens (primary N) is 1. The Labute approximate surface area is 104 Å². The Balaban J connectivity index is 2.22. The Kier molecular flexibility index (Phi) is 4.11. The zero-order valence-electron chi connectivity index (χ0n) is 10.9. The molecule has 1 aromatic heterocycles. The van der Waals surface area contributed by atoms with E-state index >= 15 is 0 Å². The van der Waals surface area contributed by atoms with Crippen LogP contribution in [0, 0.1) is 6.92 Å². The molecule has 3 nitrogen and oxygen atoms in total. The van der Waals surface area contributed by atoms with E-state index in [1.807, 2.05) is 0 Å². The summed E-state index contributed by atoms with van der Waals surface area (Å²) in [5.41, 5.74) is 7.97. The highest BCUT2D eigenvalue weighted by Gasteiger charge is 2.20. The van der Waals surface area contributed by atoms with Crippen LogP contribution in [-0.2, 0) is 0 Å². The third-order valence-electron chi connectivity index (χ3n) is 3.71. The van der Waals surface area contributed by atoms with Gasteiger partial charge in [0.05, 0.1) is 0 Å². The van der Waals surface area contributed by atoms with Crippen molar-refractivity contribution in [1.29, 1.82) is 0 Å². The van der Waals surface area contributed by atoms with Crippen LogP contribution in [-0.4, -0.2) is 16.5 Å². The first-order valence-corrected chi connectivity index (χ1v) is 6.76. The van der Waals surface area contributed by atoms with Gasteiger partial charge in [-0.1, -0.05) is 19.8 Å². The monoisotopic (exact) mass is 233 g/mol. The van der Waals surface area contributed by atoms with Crippen molar-refractivity contribution in [3.05, 3.63) is 23.3 Å². The predicted molar refractivity (Wildman–Crippen MR) is 70.1 cm³/mol. The number of aryl methyl sites for hydroxylation is 1. The molecular weight excluding hydrogens is 210 g/mol. The van der Waals surface area contributed by atoms with Crippen LogP contribution in [0.4, 0.5) is 0 Å². The Morgan fingerprint density at radius 3 is 2.71 bits per heavy atom. The van der Waals surface area contributed by atoms with E-state index in [0.29, 0.717) is 18.4 Å². The largest absolute Gasteiger partial charge is 0.330 e. The van der Waals surface area contributed by atoms with Gasteiger partial charge < -0.3 is 5.73 Å². The van der Waals surface area contributed by atoms with Gasteiger partial charge in [0, 0.05) is 23.2 Å². The smallest absolute Gasteiger partial charge is 0.131 e. The zero-order valence-corrected chi connectivity index (χ0v) is 10.9. The number of aromatic nitrogens is 2. The molecule has 0 bridgehead atoms. The van der Waals surface area contributed by atoms with E-state index < -0.39 is 0 Å². The Morgan fingerprint density at radius 2 is 2.06 bits per heavy atom. The molecule has 1 aliphatic rings. The maximum Gasteiger partial charge on any atom is 0.131 e. The molecule has 1 heterocycles. The summed E-state index contributed by atoms with van der Waals surface area (Å²) in [6, 6.07) is 2.16. The van der Waals surface area contributed by atoms with Gasteiger partial charge in [-0.15, -0.1) is 0 Å². The first-order chi connectivity index (χ1) is 8.20. The maximum absolute atomic E-state index is 5.61. The lowest BCUT2D eigenvalue weighted by molar-refractivity contribution is 0.619. The minimum Gasteiger partial charge on any atom is -0.330 e. The van der Waals surface area contributed by atoms with Gasteiger partial charge in [-0.05, 0) is 38.8 Å². The van der Waals surface area contributed by atoms with Crippen molar-refractivity contribution in [3.63, 3.8) is 0 Å². The minimum atomic E-state index is 0.375. The molecule has 0 amide bonds. The number of hydrogen-bond acceptors (Lipinski definition) is 3. The molecule has 0 aromatic carbocycles. The molecule has 1 unspecified atom stereocenters. The number of rotatable bonds is 4. The minimum absolute atomic E-state index is 0.375. The van der Waals surface area contributed by atoms with Crippen LogP contribution >= 0.6 is 0 Å². The number of hydrogen-bond donors (Lipinski definition) is 1. The molecule has 0 spiro atoms. The second-order valence-corrected chi connectivity index (χ2v) is 5.25. The van der Waals surface area contributed by atoms with E-state index in [0.717, 1.165) is 17.9 Å². The van der Waals surface area contributed by atoms with Gasteiger partial charge >= 0.3 is 0 Å². The molecule has 1 aliphatic carbocycles. The van der Waals surface area contributed by atoms with Crippen molar-refractivity contribution in [3.8, 4) is 0 Å². The summed E-state index contributed by atoms with van der Waals surface area (Å²) in [6.45, 7) is 4.94. The van der Waals surface area contributed by atoms with Crippen molar-refractivity contribution in [2.75, 3.05) is 6.54 Å². The third-order valence-corrected chi connectivity index (χ3v) is 3.71. The van der Waals surface area contributed by atoms with Gasteiger partial charge in [-0.2, -0.15) is 0 Å². The quantitative estimate of drug-likeness (QED) is 0.870. The molecule has 2 N–H and O–H groups in total. The molecule has 1 fully saturated rings. The van der Waals surface area contributed by atoms with Crippen molar-refractivity contribution >= 4 is 0 Å². The van der Waals surface area contributed by atoms with Crippen molar-refractivity contribution in [2.24, 2.45) is 5.73 Å². The van der Waals surface area contributed by atoms with Crippen LogP contribution in [0.5, 0.6) is 0 Å². The van der Waals surface area contributed by atoms with E-state index in [4.69, 9.17) is 10.7 Å².